The predicted octanol–water partition coefficient (Wildman–Crippen LogP) is 1.67. The van der Waals surface area contributed by atoms with E-state index in [0.29, 0.717) is 24.8 Å². The van der Waals surface area contributed by atoms with Gasteiger partial charge in [-0.15, -0.1) is 11.6 Å². The van der Waals surface area contributed by atoms with Crippen molar-refractivity contribution in [1.29, 1.82) is 0 Å². The molecule has 0 aromatic heterocycles. The fourth-order valence-corrected chi connectivity index (χ4v) is 2.09. The lowest BCUT2D eigenvalue weighted by atomic mass is 9.79. The SMILES string of the molecule is CC1CCC(O)(CNC(=O)CCCl)CC1. The highest BCUT2D eigenvalue weighted by Crippen LogP contribution is 2.31. The van der Waals surface area contributed by atoms with Gasteiger partial charge in [0.2, 0.25) is 5.91 Å². The van der Waals surface area contributed by atoms with Gasteiger partial charge in [0, 0.05) is 18.8 Å². The molecule has 1 fully saturated rings. The van der Waals surface area contributed by atoms with Gasteiger partial charge in [-0.25, -0.2) is 0 Å². The van der Waals surface area contributed by atoms with E-state index in [1.54, 1.807) is 0 Å². The summed E-state index contributed by atoms with van der Waals surface area (Å²) in [7, 11) is 0. The normalized spacial score (nSPS) is 31.3. The summed E-state index contributed by atoms with van der Waals surface area (Å²) in [6, 6.07) is 0. The van der Waals surface area contributed by atoms with Gasteiger partial charge >= 0.3 is 0 Å². The summed E-state index contributed by atoms with van der Waals surface area (Å²) in [6.45, 7) is 2.57. The van der Waals surface area contributed by atoms with Crippen molar-refractivity contribution < 1.29 is 9.90 Å². The Bertz CT molecular complexity index is 213. The third kappa shape index (κ3) is 4.39. The summed E-state index contributed by atoms with van der Waals surface area (Å²) in [5, 5.41) is 12.9. The maximum Gasteiger partial charge on any atom is 0.221 e. The zero-order valence-corrected chi connectivity index (χ0v) is 10.0. The molecule has 1 saturated carbocycles. The fourth-order valence-electron chi connectivity index (χ4n) is 1.91. The third-order valence-corrected chi connectivity index (χ3v) is 3.33. The molecule has 0 aromatic carbocycles. The molecular weight excluding hydrogens is 214 g/mol. The minimum Gasteiger partial charge on any atom is -0.388 e. The van der Waals surface area contributed by atoms with Crippen LogP contribution in [0.15, 0.2) is 0 Å². The van der Waals surface area contributed by atoms with Crippen LogP contribution in [0.5, 0.6) is 0 Å². The molecule has 0 bridgehead atoms. The minimum atomic E-state index is -0.686. The van der Waals surface area contributed by atoms with Crippen LogP contribution < -0.4 is 5.32 Å². The Morgan fingerprint density at radius 2 is 2.13 bits per heavy atom. The lowest BCUT2D eigenvalue weighted by molar-refractivity contribution is -0.122. The first kappa shape index (κ1) is 12.8. The van der Waals surface area contributed by atoms with E-state index >= 15 is 0 Å². The second-order valence-electron chi connectivity index (χ2n) is 4.62. The van der Waals surface area contributed by atoms with Gasteiger partial charge < -0.3 is 10.4 Å². The van der Waals surface area contributed by atoms with E-state index < -0.39 is 5.60 Å². The molecule has 0 unspecified atom stereocenters. The van der Waals surface area contributed by atoms with Crippen LogP contribution in [0.3, 0.4) is 0 Å². The van der Waals surface area contributed by atoms with Gasteiger partial charge in [0.15, 0.2) is 0 Å². The van der Waals surface area contributed by atoms with E-state index in [-0.39, 0.29) is 5.91 Å². The van der Waals surface area contributed by atoms with Crippen molar-refractivity contribution in [3.8, 4) is 0 Å². The number of nitrogens with one attached hydrogen (secondary N) is 1. The van der Waals surface area contributed by atoms with Crippen molar-refractivity contribution in [2.24, 2.45) is 5.92 Å². The van der Waals surface area contributed by atoms with Crippen LogP contribution in [0.25, 0.3) is 0 Å². The Kier molecular flexibility index (Phi) is 4.87. The molecule has 4 heteroatoms. The maximum atomic E-state index is 11.2. The van der Waals surface area contributed by atoms with Gasteiger partial charge in [-0.05, 0) is 31.6 Å². The highest BCUT2D eigenvalue weighted by Gasteiger charge is 2.31. The Balaban J connectivity index is 2.27. The number of amides is 1. The predicted molar refractivity (Wildman–Crippen MR) is 60.9 cm³/mol. The first-order chi connectivity index (χ1) is 7.06. The molecule has 1 aliphatic rings. The average Bonchev–Trinajstić information content (AvgIpc) is 2.21. The number of carbonyl (C=O) groups is 1. The van der Waals surface area contributed by atoms with Gasteiger partial charge in [0.1, 0.15) is 0 Å². The first-order valence-electron chi connectivity index (χ1n) is 5.61. The topological polar surface area (TPSA) is 49.3 Å². The van der Waals surface area contributed by atoms with Crippen LogP contribution in [0.4, 0.5) is 0 Å². The number of alkyl halides is 1. The van der Waals surface area contributed by atoms with E-state index in [2.05, 4.69) is 12.2 Å². The molecule has 88 valence electrons. The molecule has 3 nitrogen and oxygen atoms in total. The van der Waals surface area contributed by atoms with Crippen molar-refractivity contribution >= 4 is 17.5 Å². The molecule has 2 N–H and O–H groups in total. The van der Waals surface area contributed by atoms with Gasteiger partial charge in [-0.3, -0.25) is 4.79 Å². The fraction of sp³-hybridized carbons (Fsp3) is 0.909. The molecule has 1 amide bonds. The number of halogens is 1. The molecule has 1 aliphatic carbocycles. The summed E-state index contributed by atoms with van der Waals surface area (Å²) in [4.78, 5) is 11.2. The van der Waals surface area contributed by atoms with E-state index in [1.807, 2.05) is 0 Å². The molecule has 0 radical (unpaired) electrons. The van der Waals surface area contributed by atoms with Gasteiger partial charge in [-0.1, -0.05) is 6.92 Å². The first-order valence-corrected chi connectivity index (χ1v) is 6.14. The molecule has 0 aliphatic heterocycles. The Morgan fingerprint density at radius 3 is 2.67 bits per heavy atom. The highest BCUT2D eigenvalue weighted by atomic mass is 35.5. The Labute approximate surface area is 96.2 Å². The molecule has 0 heterocycles. The second kappa shape index (κ2) is 5.71. The van der Waals surface area contributed by atoms with Gasteiger partial charge in [-0.2, -0.15) is 0 Å². The average molecular weight is 234 g/mol. The smallest absolute Gasteiger partial charge is 0.221 e. The van der Waals surface area contributed by atoms with Gasteiger partial charge in [0.25, 0.3) is 0 Å². The standard InChI is InChI=1S/C11H20ClNO2/c1-9-2-5-11(15,6-3-9)8-13-10(14)4-7-12/h9,15H,2-8H2,1H3,(H,13,14). The molecule has 0 spiro atoms. The van der Waals surface area contributed by atoms with Crippen LogP contribution >= 0.6 is 11.6 Å². The minimum absolute atomic E-state index is 0.0722. The largest absolute Gasteiger partial charge is 0.388 e. The number of carbonyl (C=O) groups excluding carboxylic acids is 1. The lowest BCUT2D eigenvalue weighted by Gasteiger charge is -2.34. The summed E-state index contributed by atoms with van der Waals surface area (Å²) in [5.41, 5.74) is -0.686. The summed E-state index contributed by atoms with van der Waals surface area (Å²) >= 11 is 5.45. The monoisotopic (exact) mass is 233 g/mol. The summed E-state index contributed by atoms with van der Waals surface area (Å²) in [5.74, 6) is 0.960. The number of rotatable bonds is 4. The lowest BCUT2D eigenvalue weighted by Crippen LogP contribution is -2.45. The van der Waals surface area contributed by atoms with Crippen LogP contribution in [0, 0.1) is 5.92 Å². The quantitative estimate of drug-likeness (QED) is 0.726. The Hall–Kier alpha value is -0.280. The van der Waals surface area contributed by atoms with E-state index in [1.165, 1.54) is 0 Å². The van der Waals surface area contributed by atoms with Crippen molar-refractivity contribution in [1.82, 2.24) is 5.32 Å². The number of aliphatic hydroxyl groups is 1. The summed E-state index contributed by atoms with van der Waals surface area (Å²) < 4.78 is 0. The van der Waals surface area contributed by atoms with Crippen molar-refractivity contribution in [3.05, 3.63) is 0 Å². The molecule has 0 atom stereocenters. The zero-order valence-electron chi connectivity index (χ0n) is 9.26. The number of hydrogen-bond acceptors (Lipinski definition) is 2. The van der Waals surface area contributed by atoms with Crippen molar-refractivity contribution in [2.75, 3.05) is 12.4 Å². The zero-order chi connectivity index (χ0) is 11.3. The molecule has 1 rings (SSSR count). The van der Waals surface area contributed by atoms with Crippen LogP contribution in [0.2, 0.25) is 0 Å². The third-order valence-electron chi connectivity index (χ3n) is 3.14. The van der Waals surface area contributed by atoms with Crippen LogP contribution in [0.1, 0.15) is 39.0 Å². The van der Waals surface area contributed by atoms with Gasteiger partial charge in [0.05, 0.1) is 5.60 Å². The molecule has 0 saturated heterocycles. The van der Waals surface area contributed by atoms with Crippen molar-refractivity contribution in [3.63, 3.8) is 0 Å². The molecule has 0 aromatic rings. The highest BCUT2D eigenvalue weighted by molar-refractivity contribution is 6.18. The Morgan fingerprint density at radius 1 is 1.53 bits per heavy atom. The van der Waals surface area contributed by atoms with E-state index in [0.717, 1.165) is 25.7 Å². The van der Waals surface area contributed by atoms with E-state index in [4.69, 9.17) is 11.6 Å². The van der Waals surface area contributed by atoms with Crippen LogP contribution in [-0.4, -0.2) is 29.0 Å². The molecule has 15 heavy (non-hydrogen) atoms. The van der Waals surface area contributed by atoms with E-state index in [9.17, 15) is 9.90 Å². The second-order valence-corrected chi connectivity index (χ2v) is 5.00. The van der Waals surface area contributed by atoms with Crippen molar-refractivity contribution in [2.45, 2.75) is 44.6 Å². The number of hydrogen-bond donors (Lipinski definition) is 2. The molecular formula is C11H20ClNO2. The maximum absolute atomic E-state index is 11.2. The van der Waals surface area contributed by atoms with Crippen LogP contribution in [-0.2, 0) is 4.79 Å². The summed E-state index contributed by atoms with van der Waals surface area (Å²) in [6.07, 6.45) is 3.99.